The summed E-state index contributed by atoms with van der Waals surface area (Å²) in [6.07, 6.45) is 0. The molecule has 0 N–H and O–H groups in total. The van der Waals surface area contributed by atoms with E-state index >= 15 is 0 Å². The predicted molar refractivity (Wildman–Crippen MR) is 111 cm³/mol. The van der Waals surface area contributed by atoms with Crippen LogP contribution in [0.1, 0.15) is 11.1 Å². The van der Waals surface area contributed by atoms with Gasteiger partial charge in [0.1, 0.15) is 9.81 Å². The third-order valence-electron chi connectivity index (χ3n) is 3.70. The van der Waals surface area contributed by atoms with E-state index in [-0.39, 0.29) is 0 Å². The van der Waals surface area contributed by atoms with Gasteiger partial charge < -0.3 is 9.47 Å². The summed E-state index contributed by atoms with van der Waals surface area (Å²) in [5, 5.41) is 0.584. The Balaban J connectivity index is 2.15. The van der Waals surface area contributed by atoms with Crippen LogP contribution in [0.2, 0.25) is 5.02 Å². The molecule has 138 valence electrons. The quantitative estimate of drug-likeness (QED) is 0.636. The van der Waals surface area contributed by atoms with Crippen LogP contribution >= 0.6 is 35.1 Å². The molecule has 1 aliphatic rings. The first-order chi connectivity index (χ1) is 13.0. The largest absolute Gasteiger partial charge is 0.465 e. The number of ether oxygens (including phenoxy) is 2. The van der Waals surface area contributed by atoms with Gasteiger partial charge in [-0.05, 0) is 23.3 Å². The van der Waals surface area contributed by atoms with Crippen LogP contribution in [0.3, 0.4) is 0 Å². The van der Waals surface area contributed by atoms with Crippen molar-refractivity contribution >= 4 is 56.9 Å². The summed E-state index contributed by atoms with van der Waals surface area (Å²) in [6, 6.07) is 16.5. The van der Waals surface area contributed by atoms with E-state index < -0.39 is 11.9 Å². The van der Waals surface area contributed by atoms with E-state index in [2.05, 4.69) is 0 Å². The van der Waals surface area contributed by atoms with Crippen molar-refractivity contribution in [2.45, 2.75) is 0 Å². The lowest BCUT2D eigenvalue weighted by Crippen LogP contribution is -2.12. The third kappa shape index (κ3) is 4.24. The van der Waals surface area contributed by atoms with Crippen LogP contribution in [-0.2, 0) is 19.1 Å². The number of halogens is 1. The molecule has 2 aromatic rings. The molecule has 0 spiro atoms. The van der Waals surface area contributed by atoms with Gasteiger partial charge >= 0.3 is 11.9 Å². The Hall–Kier alpha value is -2.15. The third-order valence-corrected chi connectivity index (χ3v) is 6.65. The zero-order chi connectivity index (χ0) is 19.4. The molecule has 0 fully saturated rings. The van der Waals surface area contributed by atoms with Crippen LogP contribution in [-0.4, -0.2) is 26.2 Å². The van der Waals surface area contributed by atoms with Crippen LogP contribution in [0, 0.1) is 0 Å². The van der Waals surface area contributed by atoms with Gasteiger partial charge in [-0.2, -0.15) is 0 Å². The molecule has 0 radical (unpaired) electrons. The highest BCUT2D eigenvalue weighted by molar-refractivity contribution is 8.20. The van der Waals surface area contributed by atoms with Gasteiger partial charge in [0.15, 0.2) is 0 Å². The van der Waals surface area contributed by atoms with Crippen LogP contribution in [0.4, 0.5) is 0 Å². The summed E-state index contributed by atoms with van der Waals surface area (Å²) in [4.78, 5) is 27.0. The Morgan fingerprint density at radius 3 is 1.63 bits per heavy atom. The minimum Gasteiger partial charge on any atom is -0.465 e. The molecule has 27 heavy (non-hydrogen) atoms. The number of thioether (sulfide) groups is 2. The van der Waals surface area contributed by atoms with Gasteiger partial charge in [-0.3, -0.25) is 0 Å². The van der Waals surface area contributed by atoms with Gasteiger partial charge in [-0.25, -0.2) is 9.59 Å². The van der Waals surface area contributed by atoms with Crippen molar-refractivity contribution in [2.24, 2.45) is 0 Å². The molecule has 0 aromatic heterocycles. The van der Waals surface area contributed by atoms with Gasteiger partial charge in [0.25, 0.3) is 0 Å². The highest BCUT2D eigenvalue weighted by Crippen LogP contribution is 2.53. The first kappa shape index (κ1) is 19.6. The normalized spacial score (nSPS) is 14.2. The second-order valence-corrected chi connectivity index (χ2v) is 7.85. The van der Waals surface area contributed by atoms with Gasteiger partial charge in [-0.1, -0.05) is 77.6 Å². The number of rotatable bonds is 4. The van der Waals surface area contributed by atoms with Crippen molar-refractivity contribution in [3.8, 4) is 0 Å². The maximum Gasteiger partial charge on any atom is 0.345 e. The molecule has 1 heterocycles. The fourth-order valence-corrected chi connectivity index (χ4v) is 5.06. The highest BCUT2D eigenvalue weighted by Gasteiger charge is 2.32. The van der Waals surface area contributed by atoms with Gasteiger partial charge in [0.05, 0.1) is 14.2 Å². The van der Waals surface area contributed by atoms with Crippen LogP contribution in [0.15, 0.2) is 64.4 Å². The summed E-state index contributed by atoms with van der Waals surface area (Å²) in [5.41, 5.74) is 1.60. The minimum atomic E-state index is -0.463. The van der Waals surface area contributed by atoms with E-state index in [1.54, 1.807) is 24.3 Å². The fourth-order valence-electron chi connectivity index (χ4n) is 2.41. The lowest BCUT2D eigenvalue weighted by atomic mass is 10.2. The van der Waals surface area contributed by atoms with Gasteiger partial charge in [-0.15, -0.1) is 0 Å². The number of benzene rings is 2. The topological polar surface area (TPSA) is 52.6 Å². The van der Waals surface area contributed by atoms with E-state index in [4.69, 9.17) is 21.1 Å². The van der Waals surface area contributed by atoms with E-state index in [1.807, 2.05) is 30.3 Å². The van der Waals surface area contributed by atoms with Crippen molar-refractivity contribution in [1.29, 1.82) is 0 Å². The standard InChI is InChI=1S/C20H15ClO4S2/c1-24-19(22)17-15(12-6-4-3-5-7-12)26-18(20(23)25-2)16(27-17)13-8-10-14(21)11-9-13/h3-11H,1-2H3. The highest BCUT2D eigenvalue weighted by atomic mass is 35.5. The molecule has 0 atom stereocenters. The first-order valence-corrected chi connectivity index (χ1v) is 9.88. The molecule has 4 nitrogen and oxygen atoms in total. The minimum absolute atomic E-state index is 0.413. The van der Waals surface area contributed by atoms with Gasteiger partial charge in [0, 0.05) is 14.8 Å². The van der Waals surface area contributed by atoms with Crippen molar-refractivity contribution in [3.63, 3.8) is 0 Å². The number of hydrogen-bond donors (Lipinski definition) is 0. The average molecular weight is 419 g/mol. The molecule has 0 unspecified atom stereocenters. The van der Waals surface area contributed by atoms with Gasteiger partial charge in [0.2, 0.25) is 0 Å². The predicted octanol–water partition coefficient (Wildman–Crippen LogP) is 5.20. The van der Waals surface area contributed by atoms with Crippen molar-refractivity contribution in [2.75, 3.05) is 14.2 Å². The maximum atomic E-state index is 12.5. The molecule has 0 bridgehead atoms. The Morgan fingerprint density at radius 1 is 0.741 bits per heavy atom. The fraction of sp³-hybridized carbons (Fsp3) is 0.100. The Bertz CT molecular complexity index is 934. The molecule has 0 amide bonds. The Morgan fingerprint density at radius 2 is 1.19 bits per heavy atom. The maximum absolute atomic E-state index is 12.5. The molecule has 7 heteroatoms. The smallest absolute Gasteiger partial charge is 0.345 e. The van der Waals surface area contributed by atoms with E-state index in [0.29, 0.717) is 24.6 Å². The van der Waals surface area contributed by atoms with Crippen LogP contribution < -0.4 is 0 Å². The van der Waals surface area contributed by atoms with Crippen molar-refractivity contribution in [3.05, 3.63) is 80.6 Å². The molecule has 0 saturated heterocycles. The number of esters is 2. The summed E-state index contributed by atoms with van der Waals surface area (Å²) in [5.74, 6) is -0.920. The summed E-state index contributed by atoms with van der Waals surface area (Å²) < 4.78 is 9.95. The second kappa shape index (κ2) is 8.69. The van der Waals surface area contributed by atoms with E-state index in [1.165, 1.54) is 37.7 Å². The summed E-state index contributed by atoms with van der Waals surface area (Å²) >= 11 is 8.38. The second-order valence-electron chi connectivity index (χ2n) is 5.38. The Labute approximate surface area is 170 Å². The number of carbonyl (C=O) groups excluding carboxylic acids is 2. The molecular formula is C20H15ClO4S2. The summed E-state index contributed by atoms with van der Waals surface area (Å²) in [6.45, 7) is 0. The number of carbonyl (C=O) groups is 2. The molecular weight excluding hydrogens is 404 g/mol. The SMILES string of the molecule is COC(=O)C1=C(c2ccccc2)SC(C(=O)OC)=C(c2ccc(Cl)cc2)S1. The van der Waals surface area contributed by atoms with Crippen LogP contribution in [0.5, 0.6) is 0 Å². The lowest BCUT2D eigenvalue weighted by molar-refractivity contribution is -0.136. The number of hydrogen-bond acceptors (Lipinski definition) is 6. The Kier molecular flexibility index (Phi) is 6.31. The number of methoxy groups -OCH3 is 2. The monoisotopic (exact) mass is 418 g/mol. The zero-order valence-corrected chi connectivity index (χ0v) is 16.9. The molecule has 3 rings (SSSR count). The summed E-state index contributed by atoms with van der Waals surface area (Å²) in [7, 11) is 2.67. The van der Waals surface area contributed by atoms with E-state index in [9.17, 15) is 9.59 Å². The molecule has 0 saturated carbocycles. The van der Waals surface area contributed by atoms with E-state index in [0.717, 1.165) is 11.1 Å². The van der Waals surface area contributed by atoms with Crippen LogP contribution in [0.25, 0.3) is 9.81 Å². The molecule has 2 aromatic carbocycles. The lowest BCUT2D eigenvalue weighted by Gasteiger charge is -2.23. The molecule has 0 aliphatic carbocycles. The average Bonchev–Trinajstić information content (AvgIpc) is 2.73. The molecule has 1 aliphatic heterocycles. The van der Waals surface area contributed by atoms with Crippen molar-refractivity contribution in [1.82, 2.24) is 0 Å². The first-order valence-electron chi connectivity index (χ1n) is 7.87. The zero-order valence-electron chi connectivity index (χ0n) is 14.5. The van der Waals surface area contributed by atoms with Crippen molar-refractivity contribution < 1.29 is 19.1 Å².